The fraction of sp³-hybridized carbons (Fsp3) is 0.0833. The third-order valence-corrected chi connectivity index (χ3v) is 2.61. The third-order valence-electron chi connectivity index (χ3n) is 2.24. The van der Waals surface area contributed by atoms with E-state index in [0.717, 1.165) is 11.1 Å². The Morgan fingerprint density at radius 2 is 2.33 bits per heavy atom. The lowest BCUT2D eigenvalue weighted by Crippen LogP contribution is -2.10. The minimum absolute atomic E-state index is 0.0337. The Morgan fingerprint density at radius 1 is 1.50 bits per heavy atom. The molecule has 2 aromatic rings. The summed E-state index contributed by atoms with van der Waals surface area (Å²) in [5.41, 5.74) is 4.69. The molecule has 6 heteroatoms. The molecule has 0 aliphatic heterocycles. The largest absolute Gasteiger partial charge is 0.285 e. The van der Waals surface area contributed by atoms with Gasteiger partial charge >= 0.3 is 0 Å². The molecule has 92 valence electrons. The van der Waals surface area contributed by atoms with Gasteiger partial charge in [-0.05, 0) is 12.5 Å². The highest BCUT2D eigenvalue weighted by atomic mass is 35.5. The maximum absolute atomic E-state index is 11.2. The molecular formula is C12H11ClN4O. The first-order chi connectivity index (χ1) is 8.66. The number of H-pyrrole nitrogens is 1. The van der Waals surface area contributed by atoms with E-state index in [1.165, 1.54) is 6.20 Å². The monoisotopic (exact) mass is 262 g/mol. The van der Waals surface area contributed by atoms with Gasteiger partial charge in [-0.3, -0.25) is 10.2 Å². The second kappa shape index (κ2) is 5.46. The molecule has 18 heavy (non-hydrogen) atoms. The quantitative estimate of drug-likeness (QED) is 0.658. The van der Waals surface area contributed by atoms with Crippen molar-refractivity contribution in [2.75, 3.05) is 5.43 Å². The number of nitrogens with zero attached hydrogens (tertiary/aromatic N) is 2. The minimum Gasteiger partial charge on any atom is -0.275 e. The molecule has 1 aromatic heterocycles. The average molecular weight is 263 g/mol. The topological polar surface area (TPSA) is 70.1 Å². The fourth-order valence-electron chi connectivity index (χ4n) is 1.39. The van der Waals surface area contributed by atoms with Crippen molar-refractivity contribution in [3.05, 3.63) is 57.0 Å². The number of hydrazone groups is 1. The number of aromatic amines is 1. The van der Waals surface area contributed by atoms with Crippen molar-refractivity contribution in [1.29, 1.82) is 0 Å². The smallest absolute Gasteiger partial charge is 0.275 e. The molecule has 0 atom stereocenters. The van der Waals surface area contributed by atoms with Gasteiger partial charge in [0.2, 0.25) is 0 Å². The van der Waals surface area contributed by atoms with Crippen LogP contribution in [0.25, 0.3) is 0 Å². The predicted octanol–water partition coefficient (Wildman–Crippen LogP) is 2.18. The molecule has 0 saturated carbocycles. The Bertz CT molecular complexity index is 636. The van der Waals surface area contributed by atoms with Gasteiger partial charge in [-0.2, -0.15) is 10.2 Å². The van der Waals surface area contributed by atoms with Crippen molar-refractivity contribution in [2.45, 2.75) is 6.92 Å². The zero-order valence-corrected chi connectivity index (χ0v) is 10.4. The summed E-state index contributed by atoms with van der Waals surface area (Å²) in [6, 6.07) is 7.86. The highest BCUT2D eigenvalue weighted by Gasteiger charge is 2.02. The van der Waals surface area contributed by atoms with Gasteiger partial charge in [0.25, 0.3) is 5.56 Å². The number of aromatic nitrogens is 2. The molecule has 0 spiro atoms. The molecule has 1 heterocycles. The van der Waals surface area contributed by atoms with Crippen LogP contribution in [0.5, 0.6) is 0 Å². The molecule has 0 saturated heterocycles. The standard InChI is InChI=1S/C12H11ClN4O/c1-8-3-2-4-9(5-8)6-14-16-10-7-15-17-12(18)11(10)13/h2-7H,1H3,(H2,16,17,18). The van der Waals surface area contributed by atoms with Gasteiger partial charge in [0, 0.05) is 0 Å². The van der Waals surface area contributed by atoms with E-state index in [1.54, 1.807) is 6.21 Å². The summed E-state index contributed by atoms with van der Waals surface area (Å²) in [5, 5.41) is 9.89. The van der Waals surface area contributed by atoms with Gasteiger partial charge in [0.15, 0.2) is 0 Å². The molecule has 0 fully saturated rings. The Labute approximate surface area is 109 Å². The molecule has 2 rings (SSSR count). The molecule has 0 aliphatic rings. The van der Waals surface area contributed by atoms with Gasteiger partial charge in [-0.25, -0.2) is 5.10 Å². The number of nitrogens with one attached hydrogen (secondary N) is 2. The molecule has 0 unspecified atom stereocenters. The van der Waals surface area contributed by atoms with Crippen molar-refractivity contribution in [3.8, 4) is 0 Å². The number of anilines is 1. The fourth-order valence-corrected chi connectivity index (χ4v) is 1.52. The predicted molar refractivity (Wildman–Crippen MR) is 72.3 cm³/mol. The van der Waals surface area contributed by atoms with E-state index in [2.05, 4.69) is 20.7 Å². The van der Waals surface area contributed by atoms with Crippen LogP contribution in [0.3, 0.4) is 0 Å². The van der Waals surface area contributed by atoms with E-state index >= 15 is 0 Å². The normalized spacial score (nSPS) is 10.8. The van der Waals surface area contributed by atoms with Crippen LogP contribution in [0, 0.1) is 6.92 Å². The van der Waals surface area contributed by atoms with Crippen LogP contribution < -0.4 is 11.0 Å². The van der Waals surface area contributed by atoms with E-state index in [9.17, 15) is 4.79 Å². The number of hydrogen-bond acceptors (Lipinski definition) is 4. The average Bonchev–Trinajstić information content (AvgIpc) is 2.35. The Morgan fingerprint density at radius 3 is 3.11 bits per heavy atom. The van der Waals surface area contributed by atoms with E-state index in [0.29, 0.717) is 5.69 Å². The summed E-state index contributed by atoms with van der Waals surface area (Å²) in [7, 11) is 0. The number of halogens is 1. The highest BCUT2D eigenvalue weighted by molar-refractivity contribution is 6.32. The summed E-state index contributed by atoms with van der Waals surface area (Å²) in [4.78, 5) is 11.2. The number of aryl methyl sites for hydroxylation is 1. The van der Waals surface area contributed by atoms with E-state index < -0.39 is 5.56 Å². The van der Waals surface area contributed by atoms with Crippen LogP contribution in [0.1, 0.15) is 11.1 Å². The zero-order chi connectivity index (χ0) is 13.0. The van der Waals surface area contributed by atoms with Gasteiger partial charge in [-0.15, -0.1) is 0 Å². The third kappa shape index (κ3) is 2.95. The maximum Gasteiger partial charge on any atom is 0.285 e. The molecule has 0 radical (unpaired) electrons. The number of hydrogen-bond donors (Lipinski definition) is 2. The van der Waals surface area contributed by atoms with E-state index in [1.807, 2.05) is 31.2 Å². The Balaban J connectivity index is 2.12. The molecule has 5 nitrogen and oxygen atoms in total. The summed E-state index contributed by atoms with van der Waals surface area (Å²) in [6.45, 7) is 2.00. The Hall–Kier alpha value is -2.14. The van der Waals surface area contributed by atoms with Gasteiger partial charge in [0.05, 0.1) is 12.4 Å². The lowest BCUT2D eigenvalue weighted by atomic mass is 10.2. The van der Waals surface area contributed by atoms with Crippen LogP contribution in [0.4, 0.5) is 5.69 Å². The summed E-state index contributed by atoms with van der Waals surface area (Å²) in [5.74, 6) is 0. The lowest BCUT2D eigenvalue weighted by molar-refractivity contribution is 0.987. The first-order valence-corrected chi connectivity index (χ1v) is 5.63. The van der Waals surface area contributed by atoms with Crippen molar-refractivity contribution in [2.24, 2.45) is 5.10 Å². The van der Waals surface area contributed by atoms with Crippen molar-refractivity contribution in [1.82, 2.24) is 10.2 Å². The zero-order valence-electron chi connectivity index (χ0n) is 9.64. The van der Waals surface area contributed by atoms with Gasteiger partial charge < -0.3 is 0 Å². The van der Waals surface area contributed by atoms with Crippen LogP contribution in [-0.4, -0.2) is 16.4 Å². The van der Waals surface area contributed by atoms with Crippen LogP contribution in [-0.2, 0) is 0 Å². The maximum atomic E-state index is 11.2. The lowest BCUT2D eigenvalue weighted by Gasteiger charge is -2.00. The van der Waals surface area contributed by atoms with Crippen molar-refractivity contribution >= 4 is 23.5 Å². The van der Waals surface area contributed by atoms with Crippen molar-refractivity contribution < 1.29 is 0 Å². The molecular weight excluding hydrogens is 252 g/mol. The molecule has 2 N–H and O–H groups in total. The second-order valence-electron chi connectivity index (χ2n) is 3.71. The molecule has 0 aliphatic carbocycles. The first kappa shape index (κ1) is 12.3. The van der Waals surface area contributed by atoms with E-state index in [4.69, 9.17) is 11.6 Å². The van der Waals surface area contributed by atoms with Gasteiger partial charge in [0.1, 0.15) is 10.7 Å². The molecule has 0 amide bonds. The van der Waals surface area contributed by atoms with Crippen LogP contribution >= 0.6 is 11.6 Å². The molecule has 0 bridgehead atoms. The van der Waals surface area contributed by atoms with Crippen LogP contribution in [0.15, 0.2) is 40.4 Å². The number of rotatable bonds is 3. The summed E-state index contributed by atoms with van der Waals surface area (Å²) >= 11 is 5.78. The first-order valence-electron chi connectivity index (χ1n) is 5.26. The molecule has 1 aromatic carbocycles. The van der Waals surface area contributed by atoms with E-state index in [-0.39, 0.29) is 5.02 Å². The summed E-state index contributed by atoms with van der Waals surface area (Å²) < 4.78 is 0. The van der Waals surface area contributed by atoms with Crippen LogP contribution in [0.2, 0.25) is 5.02 Å². The van der Waals surface area contributed by atoms with Crippen molar-refractivity contribution in [3.63, 3.8) is 0 Å². The second-order valence-corrected chi connectivity index (χ2v) is 4.09. The minimum atomic E-state index is -0.451. The SMILES string of the molecule is Cc1cccc(C=NNc2cn[nH]c(=O)c2Cl)c1. The number of benzene rings is 1. The highest BCUT2D eigenvalue weighted by Crippen LogP contribution is 2.13. The summed E-state index contributed by atoms with van der Waals surface area (Å²) in [6.07, 6.45) is 3.04. The van der Waals surface area contributed by atoms with Gasteiger partial charge in [-0.1, -0.05) is 41.4 Å². The Kier molecular flexibility index (Phi) is 3.74.